The second-order valence-electron chi connectivity index (χ2n) is 3.28. The van der Waals surface area contributed by atoms with Crippen LogP contribution < -0.4 is 11.5 Å². The molecule has 94 valence electrons. The third-order valence-corrected chi connectivity index (χ3v) is 2.01. The lowest BCUT2D eigenvalue weighted by Gasteiger charge is -2.09. The summed E-state index contributed by atoms with van der Waals surface area (Å²) >= 11 is 0. The lowest BCUT2D eigenvalue weighted by molar-refractivity contribution is -0.142. The minimum atomic E-state index is -2.83. The summed E-state index contributed by atoms with van der Waals surface area (Å²) in [4.78, 5) is 14.8. The van der Waals surface area contributed by atoms with E-state index >= 15 is 0 Å². The fourth-order valence-electron chi connectivity index (χ4n) is 1.27. The van der Waals surface area contributed by atoms with E-state index in [1.54, 1.807) is 6.92 Å². The Labute approximate surface area is 96.8 Å². The maximum absolute atomic E-state index is 12.6. The van der Waals surface area contributed by atoms with Crippen LogP contribution in [0.1, 0.15) is 24.7 Å². The molecule has 0 atom stereocenters. The van der Waals surface area contributed by atoms with Crippen LogP contribution in [0.5, 0.6) is 0 Å². The molecular formula is C10H13F2N3O2. The number of carbonyl (C=O) groups is 1. The molecule has 0 unspecified atom stereocenters. The van der Waals surface area contributed by atoms with Gasteiger partial charge in [0.1, 0.15) is 5.69 Å². The van der Waals surface area contributed by atoms with Gasteiger partial charge in [-0.25, -0.2) is 13.8 Å². The first-order valence-corrected chi connectivity index (χ1v) is 4.94. The second-order valence-corrected chi connectivity index (χ2v) is 3.28. The van der Waals surface area contributed by atoms with Crippen molar-refractivity contribution in [1.29, 1.82) is 0 Å². The maximum atomic E-state index is 12.6. The molecule has 1 aromatic rings. The van der Waals surface area contributed by atoms with Crippen molar-refractivity contribution < 1.29 is 18.3 Å². The summed E-state index contributed by atoms with van der Waals surface area (Å²) in [6.45, 7) is 1.86. The average molecular weight is 245 g/mol. The number of halogens is 2. The van der Waals surface area contributed by atoms with E-state index < -0.39 is 18.1 Å². The topological polar surface area (TPSA) is 91.2 Å². The normalized spacial score (nSPS) is 10.6. The van der Waals surface area contributed by atoms with Crippen LogP contribution in [-0.4, -0.2) is 17.6 Å². The Hall–Kier alpha value is -1.92. The number of alkyl halides is 2. The number of hydrogen-bond acceptors (Lipinski definition) is 5. The van der Waals surface area contributed by atoms with Crippen molar-refractivity contribution in [2.75, 3.05) is 18.1 Å². The number of ether oxygens (including phenoxy) is 1. The fourth-order valence-corrected chi connectivity index (χ4v) is 1.27. The van der Waals surface area contributed by atoms with E-state index in [1.165, 1.54) is 6.07 Å². The number of nitrogen functional groups attached to an aromatic ring is 2. The molecule has 0 radical (unpaired) electrons. The third-order valence-electron chi connectivity index (χ3n) is 2.01. The van der Waals surface area contributed by atoms with Crippen molar-refractivity contribution in [3.63, 3.8) is 0 Å². The van der Waals surface area contributed by atoms with Crippen LogP contribution in [0.2, 0.25) is 0 Å². The molecule has 4 N–H and O–H groups in total. The SMILES string of the molecule is CCOC(=O)Cc1cc(N)c(N)c(C(F)F)n1. The molecule has 5 nitrogen and oxygen atoms in total. The lowest BCUT2D eigenvalue weighted by atomic mass is 10.2. The molecule has 1 heterocycles. The van der Waals surface area contributed by atoms with Gasteiger partial charge in [-0.3, -0.25) is 4.79 Å². The Morgan fingerprint density at radius 2 is 2.18 bits per heavy atom. The zero-order chi connectivity index (χ0) is 13.0. The predicted octanol–water partition coefficient (Wildman–Crippen LogP) is 1.29. The standard InChI is InChI=1S/C10H13F2N3O2/c1-2-17-7(16)4-5-3-6(13)8(14)9(15-5)10(11)12/h3,10H,2,4,14H2,1H3,(H2,13,15). The molecule has 0 bridgehead atoms. The summed E-state index contributed by atoms with van der Waals surface area (Å²) in [5.41, 5.74) is 10.0. The Morgan fingerprint density at radius 3 is 2.71 bits per heavy atom. The van der Waals surface area contributed by atoms with Gasteiger partial charge < -0.3 is 16.2 Å². The molecule has 17 heavy (non-hydrogen) atoms. The van der Waals surface area contributed by atoms with Gasteiger partial charge >= 0.3 is 5.97 Å². The molecular weight excluding hydrogens is 232 g/mol. The number of nitrogens with two attached hydrogens (primary N) is 2. The first-order chi connectivity index (χ1) is 7.95. The predicted molar refractivity (Wildman–Crippen MR) is 58.4 cm³/mol. The van der Waals surface area contributed by atoms with Crippen LogP contribution in [0.25, 0.3) is 0 Å². The molecule has 0 fully saturated rings. The van der Waals surface area contributed by atoms with E-state index in [2.05, 4.69) is 9.72 Å². The molecule has 0 aliphatic rings. The summed E-state index contributed by atoms with van der Waals surface area (Å²) in [5, 5.41) is 0. The van der Waals surface area contributed by atoms with E-state index in [9.17, 15) is 13.6 Å². The largest absolute Gasteiger partial charge is 0.466 e. The average Bonchev–Trinajstić information content (AvgIpc) is 2.23. The Bertz CT molecular complexity index is 424. The highest BCUT2D eigenvalue weighted by Crippen LogP contribution is 2.28. The van der Waals surface area contributed by atoms with Gasteiger partial charge in [0, 0.05) is 0 Å². The number of aromatic nitrogens is 1. The van der Waals surface area contributed by atoms with E-state index in [0.29, 0.717) is 0 Å². The molecule has 1 rings (SSSR count). The number of nitrogens with zero attached hydrogens (tertiary/aromatic N) is 1. The maximum Gasteiger partial charge on any atom is 0.311 e. The van der Waals surface area contributed by atoms with Crippen LogP contribution in [0.3, 0.4) is 0 Å². The molecule has 0 aliphatic carbocycles. The van der Waals surface area contributed by atoms with Crippen molar-refractivity contribution in [3.05, 3.63) is 17.5 Å². The molecule has 0 aromatic carbocycles. The number of esters is 1. The molecule has 0 saturated heterocycles. The Kier molecular flexibility index (Phi) is 4.19. The van der Waals surface area contributed by atoms with Gasteiger partial charge in [0.25, 0.3) is 6.43 Å². The van der Waals surface area contributed by atoms with Crippen LogP contribution in [-0.2, 0) is 16.0 Å². The van der Waals surface area contributed by atoms with Crippen molar-refractivity contribution in [2.45, 2.75) is 19.8 Å². The van der Waals surface area contributed by atoms with Gasteiger partial charge in [0.15, 0.2) is 0 Å². The van der Waals surface area contributed by atoms with Crippen molar-refractivity contribution >= 4 is 17.3 Å². The van der Waals surface area contributed by atoms with Crippen LogP contribution in [0.15, 0.2) is 6.07 Å². The monoisotopic (exact) mass is 245 g/mol. The highest BCUT2D eigenvalue weighted by atomic mass is 19.3. The smallest absolute Gasteiger partial charge is 0.311 e. The van der Waals surface area contributed by atoms with Crippen molar-refractivity contribution in [1.82, 2.24) is 4.98 Å². The Balaban J connectivity index is 2.98. The number of rotatable bonds is 4. The van der Waals surface area contributed by atoms with Gasteiger partial charge in [0.05, 0.1) is 30.1 Å². The Morgan fingerprint density at radius 1 is 1.53 bits per heavy atom. The first-order valence-electron chi connectivity index (χ1n) is 4.94. The minimum absolute atomic E-state index is 0.0189. The highest BCUT2D eigenvalue weighted by molar-refractivity contribution is 5.74. The molecule has 0 amide bonds. The lowest BCUT2D eigenvalue weighted by Crippen LogP contribution is -2.12. The van der Waals surface area contributed by atoms with Crippen LogP contribution in [0, 0.1) is 0 Å². The van der Waals surface area contributed by atoms with Crippen LogP contribution in [0.4, 0.5) is 20.2 Å². The summed E-state index contributed by atoms with van der Waals surface area (Å²) in [6, 6.07) is 1.29. The van der Waals surface area contributed by atoms with Crippen LogP contribution >= 0.6 is 0 Å². The number of carbonyl (C=O) groups excluding carboxylic acids is 1. The molecule has 0 aliphatic heterocycles. The zero-order valence-electron chi connectivity index (χ0n) is 9.24. The quantitative estimate of drug-likeness (QED) is 0.780. The van der Waals surface area contributed by atoms with E-state index in [0.717, 1.165) is 0 Å². The summed E-state index contributed by atoms with van der Waals surface area (Å²) in [5.74, 6) is -0.551. The highest BCUT2D eigenvalue weighted by Gasteiger charge is 2.18. The minimum Gasteiger partial charge on any atom is -0.466 e. The number of hydrogen-bond donors (Lipinski definition) is 2. The zero-order valence-corrected chi connectivity index (χ0v) is 9.24. The molecule has 1 aromatic heterocycles. The van der Waals surface area contributed by atoms with Gasteiger partial charge in [-0.15, -0.1) is 0 Å². The van der Waals surface area contributed by atoms with E-state index in [1.807, 2.05) is 0 Å². The summed E-state index contributed by atoms with van der Waals surface area (Å²) in [6.07, 6.45) is -3.04. The van der Waals surface area contributed by atoms with Crippen molar-refractivity contribution in [2.24, 2.45) is 0 Å². The molecule has 0 spiro atoms. The van der Waals surface area contributed by atoms with E-state index in [4.69, 9.17) is 11.5 Å². The van der Waals surface area contributed by atoms with Crippen molar-refractivity contribution in [3.8, 4) is 0 Å². The number of pyridine rings is 1. The first kappa shape index (κ1) is 13.1. The number of anilines is 2. The van der Waals surface area contributed by atoms with Gasteiger partial charge in [0.2, 0.25) is 0 Å². The summed E-state index contributed by atoms with van der Waals surface area (Å²) in [7, 11) is 0. The van der Waals surface area contributed by atoms with Gasteiger partial charge in [-0.1, -0.05) is 0 Å². The second kappa shape index (κ2) is 5.42. The third kappa shape index (κ3) is 3.27. The summed E-state index contributed by atoms with van der Waals surface area (Å²) < 4.78 is 29.8. The van der Waals surface area contributed by atoms with Gasteiger partial charge in [-0.2, -0.15) is 0 Å². The van der Waals surface area contributed by atoms with E-state index in [-0.39, 0.29) is 30.1 Å². The molecule has 0 saturated carbocycles. The fraction of sp³-hybridized carbons (Fsp3) is 0.400. The molecule has 7 heteroatoms. The van der Waals surface area contributed by atoms with Gasteiger partial charge in [-0.05, 0) is 13.0 Å².